The van der Waals surface area contributed by atoms with Gasteiger partial charge >= 0.3 is 5.97 Å². The summed E-state index contributed by atoms with van der Waals surface area (Å²) < 4.78 is 7.13. The molecule has 0 saturated carbocycles. The average Bonchev–Trinajstić information content (AvgIpc) is 2.88. The van der Waals surface area contributed by atoms with Crippen molar-refractivity contribution >= 4 is 11.6 Å². The number of fused-ring (bicyclic) bond motifs is 1. The second kappa shape index (κ2) is 5.24. The number of benzene rings is 1. The minimum atomic E-state index is -0.988. The zero-order chi connectivity index (χ0) is 14.8. The topological polar surface area (TPSA) is 76.7 Å². The second-order valence-corrected chi connectivity index (χ2v) is 4.65. The van der Waals surface area contributed by atoms with Crippen molar-refractivity contribution in [3.63, 3.8) is 0 Å². The van der Waals surface area contributed by atoms with Gasteiger partial charge in [-0.1, -0.05) is 17.7 Å². The normalized spacial score (nSPS) is 10.7. The van der Waals surface area contributed by atoms with E-state index in [1.807, 2.05) is 31.2 Å². The van der Waals surface area contributed by atoms with Crippen LogP contribution in [0.2, 0.25) is 0 Å². The Kier molecular flexibility index (Phi) is 3.27. The predicted molar refractivity (Wildman–Crippen MR) is 75.5 cm³/mol. The molecule has 6 heteroatoms. The molecule has 0 bridgehead atoms. The van der Waals surface area contributed by atoms with Gasteiger partial charge in [-0.3, -0.25) is 0 Å². The van der Waals surface area contributed by atoms with Gasteiger partial charge in [0.15, 0.2) is 11.5 Å². The fraction of sp³-hybridized carbons (Fsp3) is 0.133. The van der Waals surface area contributed by atoms with Crippen molar-refractivity contribution in [1.29, 1.82) is 0 Å². The van der Waals surface area contributed by atoms with Gasteiger partial charge in [0.2, 0.25) is 0 Å². The van der Waals surface area contributed by atoms with Crippen molar-refractivity contribution in [3.05, 3.63) is 59.5 Å². The lowest BCUT2D eigenvalue weighted by Gasteiger charge is -2.03. The zero-order valence-electron chi connectivity index (χ0n) is 11.4. The fourth-order valence-electron chi connectivity index (χ4n) is 1.90. The SMILES string of the molecule is Cc1ccc(OCc2nc3cc(C(=O)O)ccn3n2)cc1. The summed E-state index contributed by atoms with van der Waals surface area (Å²) in [6, 6.07) is 10.7. The van der Waals surface area contributed by atoms with Crippen molar-refractivity contribution in [3.8, 4) is 5.75 Å². The van der Waals surface area contributed by atoms with E-state index in [2.05, 4.69) is 10.1 Å². The first kappa shape index (κ1) is 13.1. The summed E-state index contributed by atoms with van der Waals surface area (Å²) in [5, 5.41) is 13.2. The third-order valence-electron chi connectivity index (χ3n) is 3.02. The molecule has 106 valence electrons. The lowest BCUT2D eigenvalue weighted by molar-refractivity contribution is 0.0697. The van der Waals surface area contributed by atoms with Crippen LogP contribution in [0.15, 0.2) is 42.6 Å². The van der Waals surface area contributed by atoms with Crippen molar-refractivity contribution in [2.75, 3.05) is 0 Å². The standard InChI is InChI=1S/C15H13N3O3/c1-10-2-4-12(5-3-10)21-9-13-16-14-8-11(15(19)20)6-7-18(14)17-13/h2-8H,9H2,1H3,(H,19,20). The van der Waals surface area contributed by atoms with Gasteiger partial charge in [0.05, 0.1) is 5.56 Å². The Hall–Kier alpha value is -2.89. The molecule has 2 aromatic heterocycles. The third kappa shape index (κ3) is 2.84. The van der Waals surface area contributed by atoms with E-state index in [9.17, 15) is 4.79 Å². The Morgan fingerprint density at radius 1 is 1.29 bits per heavy atom. The third-order valence-corrected chi connectivity index (χ3v) is 3.02. The number of hydrogen-bond acceptors (Lipinski definition) is 4. The number of nitrogens with zero attached hydrogens (tertiary/aromatic N) is 3. The molecule has 0 fully saturated rings. The first-order chi connectivity index (χ1) is 10.1. The van der Waals surface area contributed by atoms with Gasteiger partial charge in [0, 0.05) is 6.20 Å². The summed E-state index contributed by atoms with van der Waals surface area (Å²) in [5.41, 5.74) is 1.83. The molecule has 0 atom stereocenters. The number of hydrogen-bond donors (Lipinski definition) is 1. The van der Waals surface area contributed by atoms with Crippen LogP contribution in [-0.4, -0.2) is 25.7 Å². The Bertz CT molecular complexity index is 794. The van der Waals surface area contributed by atoms with Crippen LogP contribution in [0.3, 0.4) is 0 Å². The van der Waals surface area contributed by atoms with Crippen molar-refractivity contribution < 1.29 is 14.6 Å². The summed E-state index contributed by atoms with van der Waals surface area (Å²) in [7, 11) is 0. The van der Waals surface area contributed by atoms with Crippen LogP contribution in [0.4, 0.5) is 0 Å². The van der Waals surface area contributed by atoms with Crippen LogP contribution < -0.4 is 4.74 Å². The minimum absolute atomic E-state index is 0.181. The number of aromatic nitrogens is 3. The smallest absolute Gasteiger partial charge is 0.335 e. The second-order valence-electron chi connectivity index (χ2n) is 4.65. The van der Waals surface area contributed by atoms with E-state index in [0.717, 1.165) is 11.3 Å². The number of aromatic carboxylic acids is 1. The van der Waals surface area contributed by atoms with Crippen LogP contribution in [0.1, 0.15) is 21.7 Å². The number of carboxylic acid groups (broad SMARTS) is 1. The van der Waals surface area contributed by atoms with Crippen molar-refractivity contribution in [1.82, 2.24) is 14.6 Å². The van der Waals surface area contributed by atoms with Gasteiger partial charge in [0.25, 0.3) is 0 Å². The van der Waals surface area contributed by atoms with Crippen LogP contribution in [0.25, 0.3) is 5.65 Å². The highest BCUT2D eigenvalue weighted by Crippen LogP contribution is 2.13. The van der Waals surface area contributed by atoms with E-state index >= 15 is 0 Å². The Morgan fingerprint density at radius 2 is 2.05 bits per heavy atom. The molecule has 0 aliphatic rings. The largest absolute Gasteiger partial charge is 0.486 e. The van der Waals surface area contributed by atoms with Gasteiger partial charge in [-0.05, 0) is 31.2 Å². The predicted octanol–water partition coefficient (Wildman–Crippen LogP) is 2.31. The molecule has 3 aromatic rings. The minimum Gasteiger partial charge on any atom is -0.486 e. The maximum absolute atomic E-state index is 10.9. The summed E-state index contributed by atoms with van der Waals surface area (Å²) >= 11 is 0. The molecule has 0 radical (unpaired) electrons. The molecule has 0 amide bonds. The summed E-state index contributed by atoms with van der Waals surface area (Å²) in [6.07, 6.45) is 1.57. The van der Waals surface area contributed by atoms with Crippen LogP contribution in [0, 0.1) is 6.92 Å². The van der Waals surface area contributed by atoms with Gasteiger partial charge < -0.3 is 9.84 Å². The van der Waals surface area contributed by atoms with E-state index < -0.39 is 5.97 Å². The molecule has 2 heterocycles. The van der Waals surface area contributed by atoms with Gasteiger partial charge in [-0.2, -0.15) is 0 Å². The van der Waals surface area contributed by atoms with Crippen LogP contribution in [0.5, 0.6) is 5.75 Å². The molecule has 1 N–H and O–H groups in total. The molecule has 0 aliphatic heterocycles. The lowest BCUT2D eigenvalue weighted by Crippen LogP contribution is -1.98. The zero-order valence-corrected chi connectivity index (χ0v) is 11.4. The van der Waals surface area contributed by atoms with Gasteiger partial charge in [-0.15, -0.1) is 5.10 Å². The quantitative estimate of drug-likeness (QED) is 0.795. The van der Waals surface area contributed by atoms with E-state index in [1.54, 1.807) is 6.20 Å². The molecule has 21 heavy (non-hydrogen) atoms. The first-order valence-electron chi connectivity index (χ1n) is 6.40. The molecule has 0 spiro atoms. The molecule has 0 unspecified atom stereocenters. The molecule has 3 rings (SSSR count). The highest BCUT2D eigenvalue weighted by Gasteiger charge is 2.08. The number of carboxylic acids is 1. The summed E-state index contributed by atoms with van der Waals surface area (Å²) in [6.45, 7) is 2.24. The molecular formula is C15H13N3O3. The summed E-state index contributed by atoms with van der Waals surface area (Å²) in [4.78, 5) is 15.2. The number of rotatable bonds is 4. The molecular weight excluding hydrogens is 270 g/mol. The van der Waals surface area contributed by atoms with Gasteiger partial charge in [-0.25, -0.2) is 14.3 Å². The number of ether oxygens (including phenoxy) is 1. The lowest BCUT2D eigenvalue weighted by atomic mass is 10.2. The average molecular weight is 283 g/mol. The van der Waals surface area contributed by atoms with Gasteiger partial charge in [0.1, 0.15) is 12.4 Å². The van der Waals surface area contributed by atoms with E-state index in [-0.39, 0.29) is 12.2 Å². The maximum Gasteiger partial charge on any atom is 0.335 e. The van der Waals surface area contributed by atoms with Crippen LogP contribution >= 0.6 is 0 Å². The van der Waals surface area contributed by atoms with E-state index in [4.69, 9.17) is 9.84 Å². The fourth-order valence-corrected chi connectivity index (χ4v) is 1.90. The Labute approximate surface area is 120 Å². The Balaban J connectivity index is 1.78. The highest BCUT2D eigenvalue weighted by atomic mass is 16.5. The molecule has 1 aromatic carbocycles. The first-order valence-corrected chi connectivity index (χ1v) is 6.40. The monoisotopic (exact) mass is 283 g/mol. The van der Waals surface area contributed by atoms with Crippen molar-refractivity contribution in [2.24, 2.45) is 0 Å². The number of aryl methyl sites for hydroxylation is 1. The number of pyridine rings is 1. The van der Waals surface area contributed by atoms with Crippen molar-refractivity contribution in [2.45, 2.75) is 13.5 Å². The van der Waals surface area contributed by atoms with E-state index in [1.165, 1.54) is 16.6 Å². The summed E-state index contributed by atoms with van der Waals surface area (Å²) in [5.74, 6) is 0.252. The maximum atomic E-state index is 10.9. The van der Waals surface area contributed by atoms with Crippen LogP contribution in [-0.2, 0) is 6.61 Å². The Morgan fingerprint density at radius 3 is 2.76 bits per heavy atom. The molecule has 0 saturated heterocycles. The molecule has 0 aliphatic carbocycles. The molecule has 6 nitrogen and oxygen atoms in total. The highest BCUT2D eigenvalue weighted by molar-refractivity contribution is 5.88. The van der Waals surface area contributed by atoms with E-state index in [0.29, 0.717) is 11.5 Å². The number of carbonyl (C=O) groups is 1.